The Labute approximate surface area is 110 Å². The monoisotopic (exact) mass is 250 g/mol. The maximum absolute atomic E-state index is 4.48. The molecule has 0 aliphatic carbocycles. The zero-order chi connectivity index (χ0) is 12.8. The van der Waals surface area contributed by atoms with Crippen LogP contribution in [-0.2, 0) is 13.1 Å². The van der Waals surface area contributed by atoms with Crippen LogP contribution in [-0.4, -0.2) is 40.6 Å². The molecular weight excluding hydrogens is 224 g/mol. The molecule has 1 saturated heterocycles. The summed E-state index contributed by atoms with van der Waals surface area (Å²) in [5.74, 6) is 2.06. The largest absolute Gasteiger partial charge is 0.334 e. The Hall–Kier alpha value is -0.870. The van der Waals surface area contributed by atoms with Gasteiger partial charge in [-0.25, -0.2) is 4.98 Å². The van der Waals surface area contributed by atoms with Crippen LogP contribution in [0.15, 0.2) is 12.4 Å². The molecule has 0 saturated carbocycles. The molecule has 1 aliphatic rings. The SMILES string of the molecule is CCN(Cc1nccn1CC)CC1CCNCC1. The highest BCUT2D eigenvalue weighted by molar-refractivity contribution is 4.92. The first-order chi connectivity index (χ1) is 8.83. The molecule has 4 nitrogen and oxygen atoms in total. The topological polar surface area (TPSA) is 33.1 Å². The first kappa shape index (κ1) is 13.6. The lowest BCUT2D eigenvalue weighted by molar-refractivity contribution is 0.201. The Kier molecular flexibility index (Phi) is 5.20. The van der Waals surface area contributed by atoms with Crippen molar-refractivity contribution < 1.29 is 0 Å². The van der Waals surface area contributed by atoms with E-state index in [0.717, 1.165) is 25.6 Å². The Morgan fingerprint density at radius 2 is 2.17 bits per heavy atom. The van der Waals surface area contributed by atoms with Crippen LogP contribution >= 0.6 is 0 Å². The van der Waals surface area contributed by atoms with E-state index in [1.54, 1.807) is 0 Å². The number of hydrogen-bond donors (Lipinski definition) is 1. The maximum Gasteiger partial charge on any atom is 0.122 e. The quantitative estimate of drug-likeness (QED) is 0.834. The lowest BCUT2D eigenvalue weighted by Gasteiger charge is -2.29. The van der Waals surface area contributed by atoms with E-state index in [1.807, 2.05) is 6.20 Å². The van der Waals surface area contributed by atoms with Crippen molar-refractivity contribution >= 4 is 0 Å². The van der Waals surface area contributed by atoms with Gasteiger partial charge in [-0.2, -0.15) is 0 Å². The van der Waals surface area contributed by atoms with Crippen LogP contribution in [0, 0.1) is 5.92 Å². The average Bonchev–Trinajstić information content (AvgIpc) is 2.86. The molecule has 0 bridgehead atoms. The molecule has 1 fully saturated rings. The predicted molar refractivity (Wildman–Crippen MR) is 74.4 cm³/mol. The Balaban J connectivity index is 1.88. The van der Waals surface area contributed by atoms with Crippen LogP contribution in [0.25, 0.3) is 0 Å². The van der Waals surface area contributed by atoms with Crippen LogP contribution in [0.5, 0.6) is 0 Å². The fourth-order valence-electron chi connectivity index (χ4n) is 2.71. The summed E-state index contributed by atoms with van der Waals surface area (Å²) in [7, 11) is 0. The van der Waals surface area contributed by atoms with Crippen molar-refractivity contribution in [2.45, 2.75) is 39.8 Å². The van der Waals surface area contributed by atoms with Crippen LogP contribution in [0.1, 0.15) is 32.5 Å². The lowest BCUT2D eigenvalue weighted by Crippen LogP contribution is -2.36. The minimum Gasteiger partial charge on any atom is -0.334 e. The van der Waals surface area contributed by atoms with Crippen molar-refractivity contribution in [3.05, 3.63) is 18.2 Å². The summed E-state index contributed by atoms with van der Waals surface area (Å²) in [5.41, 5.74) is 0. The zero-order valence-corrected chi connectivity index (χ0v) is 11.7. The van der Waals surface area contributed by atoms with Crippen molar-refractivity contribution in [2.75, 3.05) is 26.2 Å². The normalized spacial score (nSPS) is 17.5. The average molecular weight is 250 g/mol. The molecule has 1 N–H and O–H groups in total. The molecule has 1 aromatic heterocycles. The standard InChI is InChI=1S/C14H26N4/c1-3-17(11-13-5-7-15-8-6-13)12-14-16-9-10-18(14)4-2/h9-10,13,15H,3-8,11-12H2,1-2H3. The van der Waals surface area contributed by atoms with Crippen LogP contribution in [0.3, 0.4) is 0 Å². The summed E-state index contributed by atoms with van der Waals surface area (Å²) in [6, 6.07) is 0. The van der Waals surface area contributed by atoms with Gasteiger partial charge in [0.05, 0.1) is 6.54 Å². The molecule has 1 aromatic rings. The van der Waals surface area contributed by atoms with Gasteiger partial charge in [0.2, 0.25) is 0 Å². The van der Waals surface area contributed by atoms with Gasteiger partial charge in [-0.15, -0.1) is 0 Å². The molecule has 2 heterocycles. The first-order valence-electron chi connectivity index (χ1n) is 7.26. The van der Waals surface area contributed by atoms with Gasteiger partial charge in [0.1, 0.15) is 5.82 Å². The van der Waals surface area contributed by atoms with Crippen LogP contribution in [0.2, 0.25) is 0 Å². The molecule has 4 heteroatoms. The minimum atomic E-state index is 0.858. The second-order valence-corrected chi connectivity index (χ2v) is 5.15. The third-order valence-electron chi connectivity index (χ3n) is 3.93. The van der Waals surface area contributed by atoms with Crippen LogP contribution < -0.4 is 5.32 Å². The maximum atomic E-state index is 4.48. The molecule has 2 rings (SSSR count). The summed E-state index contributed by atoms with van der Waals surface area (Å²) in [4.78, 5) is 7.01. The van der Waals surface area contributed by atoms with E-state index in [9.17, 15) is 0 Å². The van der Waals surface area contributed by atoms with E-state index in [0.29, 0.717) is 0 Å². The summed E-state index contributed by atoms with van der Waals surface area (Å²) < 4.78 is 2.24. The third-order valence-corrected chi connectivity index (χ3v) is 3.93. The van der Waals surface area contributed by atoms with E-state index in [-0.39, 0.29) is 0 Å². The van der Waals surface area contributed by atoms with Gasteiger partial charge in [0.15, 0.2) is 0 Å². The van der Waals surface area contributed by atoms with Crippen molar-refractivity contribution in [3.8, 4) is 0 Å². The van der Waals surface area contributed by atoms with Crippen LogP contribution in [0.4, 0.5) is 0 Å². The van der Waals surface area contributed by atoms with Crippen molar-refractivity contribution in [2.24, 2.45) is 5.92 Å². The number of hydrogen-bond acceptors (Lipinski definition) is 3. The van der Waals surface area contributed by atoms with Gasteiger partial charge in [-0.3, -0.25) is 4.90 Å². The summed E-state index contributed by atoms with van der Waals surface area (Å²) >= 11 is 0. The fraction of sp³-hybridized carbons (Fsp3) is 0.786. The molecule has 0 spiro atoms. The van der Waals surface area contributed by atoms with Gasteiger partial charge in [0, 0.05) is 25.5 Å². The van der Waals surface area contributed by atoms with E-state index < -0.39 is 0 Å². The Bertz CT molecular complexity index is 341. The van der Waals surface area contributed by atoms with Gasteiger partial charge in [-0.1, -0.05) is 6.92 Å². The molecular formula is C14H26N4. The number of nitrogens with one attached hydrogen (secondary N) is 1. The molecule has 102 valence electrons. The fourth-order valence-corrected chi connectivity index (χ4v) is 2.71. The highest BCUT2D eigenvalue weighted by atomic mass is 15.2. The molecule has 1 aliphatic heterocycles. The molecule has 0 amide bonds. The van der Waals surface area contributed by atoms with Gasteiger partial charge in [0.25, 0.3) is 0 Å². The first-order valence-corrected chi connectivity index (χ1v) is 7.26. The lowest BCUT2D eigenvalue weighted by atomic mass is 9.97. The number of rotatable bonds is 6. The van der Waals surface area contributed by atoms with E-state index in [4.69, 9.17) is 0 Å². The van der Waals surface area contributed by atoms with Crippen molar-refractivity contribution in [3.63, 3.8) is 0 Å². The number of imidazole rings is 1. The highest BCUT2D eigenvalue weighted by Gasteiger charge is 2.17. The Morgan fingerprint density at radius 1 is 1.39 bits per heavy atom. The molecule has 0 unspecified atom stereocenters. The van der Waals surface area contributed by atoms with Gasteiger partial charge in [-0.05, 0) is 45.3 Å². The highest BCUT2D eigenvalue weighted by Crippen LogP contribution is 2.14. The van der Waals surface area contributed by atoms with E-state index >= 15 is 0 Å². The van der Waals surface area contributed by atoms with Gasteiger partial charge < -0.3 is 9.88 Å². The van der Waals surface area contributed by atoms with Crippen molar-refractivity contribution in [1.29, 1.82) is 0 Å². The van der Waals surface area contributed by atoms with Crippen molar-refractivity contribution in [1.82, 2.24) is 19.8 Å². The van der Waals surface area contributed by atoms with Gasteiger partial charge >= 0.3 is 0 Å². The minimum absolute atomic E-state index is 0.858. The smallest absolute Gasteiger partial charge is 0.122 e. The number of piperidine rings is 1. The van der Waals surface area contributed by atoms with E-state index in [1.165, 1.54) is 38.3 Å². The second-order valence-electron chi connectivity index (χ2n) is 5.15. The zero-order valence-electron chi connectivity index (χ0n) is 11.7. The molecule has 0 radical (unpaired) electrons. The predicted octanol–water partition coefficient (Wildman–Crippen LogP) is 1.72. The Morgan fingerprint density at radius 3 is 2.83 bits per heavy atom. The second kappa shape index (κ2) is 6.90. The number of aryl methyl sites for hydroxylation is 1. The molecule has 18 heavy (non-hydrogen) atoms. The van der Waals surface area contributed by atoms with E-state index in [2.05, 4.69) is 39.8 Å². The number of aromatic nitrogens is 2. The number of nitrogens with zero attached hydrogens (tertiary/aromatic N) is 3. The summed E-state index contributed by atoms with van der Waals surface area (Å²) in [6.45, 7) is 11.1. The third kappa shape index (κ3) is 3.56. The molecule has 0 atom stereocenters. The summed E-state index contributed by atoms with van der Waals surface area (Å²) in [6.07, 6.45) is 6.63. The molecule has 0 aromatic carbocycles. The summed E-state index contributed by atoms with van der Waals surface area (Å²) in [5, 5.41) is 3.43.